The van der Waals surface area contributed by atoms with E-state index in [0.29, 0.717) is 0 Å². The molecule has 0 saturated heterocycles. The fourth-order valence-corrected chi connectivity index (χ4v) is 2.42. The number of benzene rings is 2. The summed E-state index contributed by atoms with van der Waals surface area (Å²) in [6.45, 7) is 2.01. The molecule has 4 heteroatoms. The average molecular weight is 282 g/mol. The highest BCUT2D eigenvalue weighted by molar-refractivity contribution is 5.71. The zero-order valence-electron chi connectivity index (χ0n) is 12.1. The van der Waals surface area contributed by atoms with E-state index in [0.717, 1.165) is 28.1 Å². The van der Waals surface area contributed by atoms with Gasteiger partial charge in [0.25, 0.3) is 0 Å². The van der Waals surface area contributed by atoms with Gasteiger partial charge in [-0.1, -0.05) is 23.8 Å². The van der Waals surface area contributed by atoms with Crippen molar-refractivity contribution in [2.75, 3.05) is 7.11 Å². The maximum atomic E-state index is 10.00. The number of nitrogens with one attached hydrogen (secondary N) is 2. The van der Waals surface area contributed by atoms with Crippen LogP contribution in [0.3, 0.4) is 0 Å². The molecule has 1 heterocycles. The highest BCUT2D eigenvalue weighted by Gasteiger charge is 2.19. The second-order valence-corrected chi connectivity index (χ2v) is 5.12. The Morgan fingerprint density at radius 1 is 1.10 bits per heavy atom. The van der Waals surface area contributed by atoms with Gasteiger partial charge in [0.2, 0.25) is 0 Å². The minimum absolute atomic E-state index is 0.0609. The van der Waals surface area contributed by atoms with Gasteiger partial charge < -0.3 is 15.3 Å². The van der Waals surface area contributed by atoms with E-state index < -0.39 is 0 Å². The third-order valence-corrected chi connectivity index (χ3v) is 3.61. The number of phenols is 1. The lowest BCUT2D eigenvalue weighted by atomic mass is 10.0. The van der Waals surface area contributed by atoms with Crippen LogP contribution in [-0.4, -0.2) is 12.2 Å². The molecule has 0 aromatic heterocycles. The molecule has 0 fully saturated rings. The van der Waals surface area contributed by atoms with Gasteiger partial charge in [0, 0.05) is 5.56 Å². The molecule has 108 valence electrons. The lowest BCUT2D eigenvalue weighted by molar-refractivity contribution is 0.414. The second kappa shape index (κ2) is 5.50. The third-order valence-electron chi connectivity index (χ3n) is 3.61. The van der Waals surface area contributed by atoms with Crippen LogP contribution in [0.5, 0.6) is 11.5 Å². The van der Waals surface area contributed by atoms with E-state index >= 15 is 0 Å². The molecule has 2 aromatic carbocycles. The van der Waals surface area contributed by atoms with Crippen LogP contribution in [0, 0.1) is 6.92 Å². The van der Waals surface area contributed by atoms with Crippen molar-refractivity contribution in [3.63, 3.8) is 0 Å². The van der Waals surface area contributed by atoms with E-state index in [2.05, 4.69) is 16.9 Å². The fourth-order valence-electron chi connectivity index (χ4n) is 2.42. The molecule has 0 radical (unpaired) electrons. The first-order valence-electron chi connectivity index (χ1n) is 6.84. The zero-order valence-corrected chi connectivity index (χ0v) is 12.1. The standard InChI is InChI=1S/C17H18N2O2/c1-11-3-8-17(20)14(9-11)16-10-15(18-19-16)12-4-6-13(21-2)7-5-12/h3-10,15,18-20H,1-2H3. The second-order valence-electron chi connectivity index (χ2n) is 5.12. The summed E-state index contributed by atoms with van der Waals surface area (Å²) in [6, 6.07) is 13.6. The Morgan fingerprint density at radius 3 is 2.57 bits per heavy atom. The van der Waals surface area contributed by atoms with Crippen molar-refractivity contribution in [2.45, 2.75) is 13.0 Å². The third kappa shape index (κ3) is 2.71. The Balaban J connectivity index is 1.87. The SMILES string of the molecule is COc1ccc(C2C=C(c3cc(C)ccc3O)NN2)cc1. The molecule has 0 saturated carbocycles. The van der Waals surface area contributed by atoms with Gasteiger partial charge in [-0.05, 0) is 42.8 Å². The summed E-state index contributed by atoms with van der Waals surface area (Å²) in [5.74, 6) is 1.11. The van der Waals surface area contributed by atoms with Crippen LogP contribution < -0.4 is 15.6 Å². The zero-order chi connectivity index (χ0) is 14.8. The molecule has 4 nitrogen and oxygen atoms in total. The van der Waals surface area contributed by atoms with Gasteiger partial charge in [0.05, 0.1) is 18.8 Å². The summed E-state index contributed by atoms with van der Waals surface area (Å²) >= 11 is 0. The quantitative estimate of drug-likeness (QED) is 0.810. The first-order valence-corrected chi connectivity index (χ1v) is 6.84. The maximum Gasteiger partial charge on any atom is 0.124 e. The average Bonchev–Trinajstić information content (AvgIpc) is 2.99. The van der Waals surface area contributed by atoms with E-state index in [1.807, 2.05) is 43.3 Å². The number of ether oxygens (including phenoxy) is 1. The Bertz CT molecular complexity index is 678. The van der Waals surface area contributed by atoms with Crippen molar-refractivity contribution in [1.82, 2.24) is 10.9 Å². The molecule has 0 bridgehead atoms. The monoisotopic (exact) mass is 282 g/mol. The van der Waals surface area contributed by atoms with Gasteiger partial charge in [-0.2, -0.15) is 0 Å². The van der Waals surface area contributed by atoms with E-state index in [1.165, 1.54) is 0 Å². The number of aromatic hydroxyl groups is 1. The molecule has 0 spiro atoms. The molecule has 0 amide bonds. The molecule has 3 N–H and O–H groups in total. The minimum atomic E-state index is 0.0609. The van der Waals surface area contributed by atoms with Crippen LogP contribution in [-0.2, 0) is 0 Å². The predicted molar refractivity (Wildman–Crippen MR) is 82.8 cm³/mol. The van der Waals surface area contributed by atoms with E-state index in [1.54, 1.807) is 13.2 Å². The van der Waals surface area contributed by atoms with Crippen LogP contribution in [0.25, 0.3) is 5.70 Å². The smallest absolute Gasteiger partial charge is 0.124 e. The van der Waals surface area contributed by atoms with E-state index in [9.17, 15) is 5.11 Å². The number of phenolic OH excluding ortho intramolecular Hbond substituents is 1. The first kappa shape index (κ1) is 13.5. The topological polar surface area (TPSA) is 53.5 Å². The Kier molecular flexibility index (Phi) is 3.54. The van der Waals surface area contributed by atoms with Crippen molar-refractivity contribution in [3.8, 4) is 11.5 Å². The largest absolute Gasteiger partial charge is 0.507 e. The van der Waals surface area contributed by atoms with Gasteiger partial charge in [-0.15, -0.1) is 0 Å². The van der Waals surface area contributed by atoms with Crippen molar-refractivity contribution >= 4 is 5.70 Å². The van der Waals surface area contributed by atoms with Crippen LogP contribution >= 0.6 is 0 Å². The van der Waals surface area contributed by atoms with Gasteiger partial charge in [0.15, 0.2) is 0 Å². The van der Waals surface area contributed by atoms with Crippen molar-refractivity contribution in [2.24, 2.45) is 0 Å². The summed E-state index contributed by atoms with van der Waals surface area (Å²) in [5, 5.41) is 10.00. The summed E-state index contributed by atoms with van der Waals surface area (Å²) in [6.07, 6.45) is 2.07. The van der Waals surface area contributed by atoms with Crippen LogP contribution in [0.15, 0.2) is 48.5 Å². The lowest BCUT2D eigenvalue weighted by Gasteiger charge is -2.10. The van der Waals surface area contributed by atoms with Gasteiger partial charge in [-0.3, -0.25) is 0 Å². The molecular weight excluding hydrogens is 264 g/mol. The summed E-state index contributed by atoms with van der Waals surface area (Å²) < 4.78 is 5.17. The first-order chi connectivity index (χ1) is 10.2. The molecule has 3 rings (SSSR count). The van der Waals surface area contributed by atoms with Crippen molar-refractivity contribution < 1.29 is 9.84 Å². The Hall–Kier alpha value is -2.46. The molecular formula is C17H18N2O2. The number of rotatable bonds is 3. The van der Waals surface area contributed by atoms with Gasteiger partial charge in [0.1, 0.15) is 11.5 Å². The summed E-state index contributed by atoms with van der Waals surface area (Å²) in [4.78, 5) is 0. The molecule has 1 unspecified atom stereocenters. The van der Waals surface area contributed by atoms with Gasteiger partial charge in [-0.25, -0.2) is 5.43 Å². The molecule has 1 aliphatic rings. The molecule has 21 heavy (non-hydrogen) atoms. The predicted octanol–water partition coefficient (Wildman–Crippen LogP) is 2.90. The van der Waals surface area contributed by atoms with Crippen LogP contribution in [0.1, 0.15) is 22.7 Å². The van der Waals surface area contributed by atoms with Gasteiger partial charge >= 0.3 is 0 Å². The summed E-state index contributed by atoms with van der Waals surface area (Å²) in [7, 11) is 1.66. The van der Waals surface area contributed by atoms with Crippen molar-refractivity contribution in [3.05, 3.63) is 65.2 Å². The van der Waals surface area contributed by atoms with E-state index in [-0.39, 0.29) is 11.8 Å². The molecule has 1 aliphatic heterocycles. The number of hydrogen-bond acceptors (Lipinski definition) is 4. The molecule has 1 atom stereocenters. The van der Waals surface area contributed by atoms with Crippen LogP contribution in [0.2, 0.25) is 0 Å². The highest BCUT2D eigenvalue weighted by atomic mass is 16.5. The normalized spacial score (nSPS) is 17.2. The fraction of sp³-hybridized carbons (Fsp3) is 0.176. The highest BCUT2D eigenvalue weighted by Crippen LogP contribution is 2.30. The summed E-state index contributed by atoms with van der Waals surface area (Å²) in [5.41, 5.74) is 10.3. The Morgan fingerprint density at radius 2 is 1.86 bits per heavy atom. The lowest BCUT2D eigenvalue weighted by Crippen LogP contribution is -2.26. The number of hydrazine groups is 1. The number of methoxy groups -OCH3 is 1. The molecule has 0 aliphatic carbocycles. The minimum Gasteiger partial charge on any atom is -0.507 e. The maximum absolute atomic E-state index is 10.00. The van der Waals surface area contributed by atoms with Crippen molar-refractivity contribution in [1.29, 1.82) is 0 Å². The Labute approximate surface area is 124 Å². The van der Waals surface area contributed by atoms with E-state index in [4.69, 9.17) is 4.74 Å². The number of aryl methyl sites for hydroxylation is 1. The number of hydrogen-bond donors (Lipinski definition) is 3. The van der Waals surface area contributed by atoms with Crippen LogP contribution in [0.4, 0.5) is 0 Å². The molecule has 2 aromatic rings.